The molecule has 0 radical (unpaired) electrons. The standard InChI is InChI=1S/C22H24ClN3O2S/c1-25-13-4-7-21(25)22(26-14-12-17-5-2-3-6-18(17)16-26)15-24-29(27,28)20-10-8-19(23)9-11-20/h2-11,13,22,24H,12,14-16H2,1H3/t22-/m1/s1. The van der Waals surface area contributed by atoms with E-state index in [-0.39, 0.29) is 10.9 Å². The minimum absolute atomic E-state index is 0.0644. The maximum atomic E-state index is 12.8. The fraction of sp³-hybridized carbons (Fsp3) is 0.273. The van der Waals surface area contributed by atoms with Gasteiger partial charge in [-0.2, -0.15) is 0 Å². The second-order valence-corrected chi connectivity index (χ2v) is 9.56. The molecule has 0 saturated carbocycles. The summed E-state index contributed by atoms with van der Waals surface area (Å²) in [5, 5.41) is 0.512. The number of aryl methyl sites for hydroxylation is 1. The first-order chi connectivity index (χ1) is 13.9. The molecule has 3 aromatic rings. The largest absolute Gasteiger partial charge is 0.353 e. The number of rotatable bonds is 6. The third kappa shape index (κ3) is 4.41. The highest BCUT2D eigenvalue weighted by atomic mass is 35.5. The molecule has 0 bridgehead atoms. The Morgan fingerprint density at radius 3 is 2.45 bits per heavy atom. The molecule has 0 unspecified atom stereocenters. The fourth-order valence-corrected chi connectivity index (χ4v) is 5.07. The molecule has 0 spiro atoms. The van der Waals surface area contributed by atoms with Crippen molar-refractivity contribution in [1.82, 2.24) is 14.2 Å². The Morgan fingerprint density at radius 2 is 1.76 bits per heavy atom. The van der Waals surface area contributed by atoms with Gasteiger partial charge in [-0.25, -0.2) is 13.1 Å². The van der Waals surface area contributed by atoms with E-state index in [0.29, 0.717) is 11.6 Å². The highest BCUT2D eigenvalue weighted by molar-refractivity contribution is 7.89. The van der Waals surface area contributed by atoms with Gasteiger partial charge in [-0.3, -0.25) is 4.90 Å². The van der Waals surface area contributed by atoms with Crippen LogP contribution in [0.5, 0.6) is 0 Å². The van der Waals surface area contributed by atoms with Crippen molar-refractivity contribution in [1.29, 1.82) is 0 Å². The van der Waals surface area contributed by atoms with Crippen molar-refractivity contribution >= 4 is 21.6 Å². The maximum absolute atomic E-state index is 12.8. The summed E-state index contributed by atoms with van der Waals surface area (Å²) in [5.41, 5.74) is 3.76. The molecule has 1 N–H and O–H groups in total. The van der Waals surface area contributed by atoms with Gasteiger partial charge in [0.1, 0.15) is 0 Å². The van der Waals surface area contributed by atoms with Crippen LogP contribution in [0.25, 0.3) is 0 Å². The predicted octanol–water partition coefficient (Wildman–Crippen LogP) is 3.76. The van der Waals surface area contributed by atoms with Gasteiger partial charge >= 0.3 is 0 Å². The zero-order valence-electron chi connectivity index (χ0n) is 16.3. The lowest BCUT2D eigenvalue weighted by Crippen LogP contribution is -2.41. The van der Waals surface area contributed by atoms with Gasteiger partial charge in [0, 0.05) is 43.6 Å². The molecule has 152 valence electrons. The van der Waals surface area contributed by atoms with Crippen molar-refractivity contribution in [3.8, 4) is 0 Å². The van der Waals surface area contributed by atoms with E-state index >= 15 is 0 Å². The van der Waals surface area contributed by atoms with Crippen LogP contribution in [0.3, 0.4) is 0 Å². The number of benzene rings is 2. The fourth-order valence-electron chi connectivity index (χ4n) is 3.91. The minimum Gasteiger partial charge on any atom is -0.353 e. The molecule has 2 aromatic carbocycles. The third-order valence-electron chi connectivity index (χ3n) is 5.52. The Bertz CT molecular complexity index is 1090. The van der Waals surface area contributed by atoms with Crippen LogP contribution in [0.15, 0.2) is 71.8 Å². The van der Waals surface area contributed by atoms with E-state index in [4.69, 9.17) is 11.6 Å². The Kier molecular flexibility index (Phi) is 5.79. The van der Waals surface area contributed by atoms with Gasteiger partial charge in [0.25, 0.3) is 0 Å². The Balaban J connectivity index is 1.57. The average molecular weight is 430 g/mol. The second kappa shape index (κ2) is 8.32. The van der Waals surface area contributed by atoms with E-state index in [2.05, 4.69) is 44.5 Å². The molecule has 1 aliphatic rings. The van der Waals surface area contributed by atoms with Gasteiger partial charge in [-0.1, -0.05) is 35.9 Å². The van der Waals surface area contributed by atoms with Crippen molar-refractivity contribution in [2.75, 3.05) is 13.1 Å². The first-order valence-electron chi connectivity index (χ1n) is 9.61. The van der Waals surface area contributed by atoms with E-state index in [1.165, 1.54) is 23.3 Å². The summed E-state index contributed by atoms with van der Waals surface area (Å²) in [7, 11) is -1.63. The number of aromatic nitrogens is 1. The highest BCUT2D eigenvalue weighted by Gasteiger charge is 2.28. The monoisotopic (exact) mass is 429 g/mol. The summed E-state index contributed by atoms with van der Waals surface area (Å²) in [6, 6.07) is 18.7. The van der Waals surface area contributed by atoms with Gasteiger partial charge in [0.2, 0.25) is 10.0 Å². The Hall–Kier alpha value is -2.12. The molecule has 0 saturated heterocycles. The van der Waals surface area contributed by atoms with Crippen LogP contribution in [-0.2, 0) is 30.0 Å². The summed E-state index contributed by atoms with van der Waals surface area (Å²) >= 11 is 5.89. The van der Waals surface area contributed by atoms with E-state index in [9.17, 15) is 8.42 Å². The molecule has 0 amide bonds. The van der Waals surface area contributed by atoms with Crippen LogP contribution in [0, 0.1) is 0 Å². The predicted molar refractivity (Wildman–Crippen MR) is 115 cm³/mol. The molecule has 4 rings (SSSR count). The topological polar surface area (TPSA) is 54.3 Å². The molecule has 5 nitrogen and oxygen atoms in total. The van der Waals surface area contributed by atoms with Crippen molar-refractivity contribution in [2.24, 2.45) is 7.05 Å². The molecule has 1 aromatic heterocycles. The lowest BCUT2D eigenvalue weighted by atomic mass is 9.98. The van der Waals surface area contributed by atoms with E-state index in [1.54, 1.807) is 12.1 Å². The van der Waals surface area contributed by atoms with Gasteiger partial charge in [0.15, 0.2) is 0 Å². The zero-order valence-corrected chi connectivity index (χ0v) is 17.8. The van der Waals surface area contributed by atoms with Crippen molar-refractivity contribution in [3.05, 3.63) is 88.7 Å². The molecular weight excluding hydrogens is 406 g/mol. The van der Waals surface area contributed by atoms with E-state index in [0.717, 1.165) is 25.2 Å². The van der Waals surface area contributed by atoms with E-state index < -0.39 is 10.0 Å². The molecule has 2 heterocycles. The first kappa shape index (κ1) is 20.2. The van der Waals surface area contributed by atoms with Gasteiger partial charge in [-0.15, -0.1) is 0 Å². The summed E-state index contributed by atoms with van der Waals surface area (Å²) < 4.78 is 30.5. The van der Waals surface area contributed by atoms with Crippen LogP contribution in [0.1, 0.15) is 22.9 Å². The molecular formula is C22H24ClN3O2S. The quantitative estimate of drug-likeness (QED) is 0.649. The maximum Gasteiger partial charge on any atom is 0.240 e. The zero-order chi connectivity index (χ0) is 20.4. The van der Waals surface area contributed by atoms with Crippen LogP contribution < -0.4 is 4.72 Å². The van der Waals surface area contributed by atoms with Crippen molar-refractivity contribution in [3.63, 3.8) is 0 Å². The molecule has 0 fully saturated rings. The van der Waals surface area contributed by atoms with Crippen molar-refractivity contribution < 1.29 is 8.42 Å². The Morgan fingerprint density at radius 1 is 1.03 bits per heavy atom. The molecule has 1 atom stereocenters. The van der Waals surface area contributed by atoms with Crippen LogP contribution in [-0.4, -0.2) is 31.0 Å². The molecule has 0 aliphatic carbocycles. The van der Waals surface area contributed by atoms with Crippen molar-refractivity contribution in [2.45, 2.75) is 23.9 Å². The lowest BCUT2D eigenvalue weighted by Gasteiger charge is -2.36. The highest BCUT2D eigenvalue weighted by Crippen LogP contribution is 2.28. The van der Waals surface area contributed by atoms with Crippen LogP contribution in [0.2, 0.25) is 5.02 Å². The third-order valence-corrected chi connectivity index (χ3v) is 7.21. The van der Waals surface area contributed by atoms with Crippen LogP contribution in [0.4, 0.5) is 0 Å². The summed E-state index contributed by atoms with van der Waals surface area (Å²) in [4.78, 5) is 2.57. The summed E-state index contributed by atoms with van der Waals surface area (Å²) in [6.45, 7) is 1.98. The first-order valence-corrected chi connectivity index (χ1v) is 11.5. The normalized spacial score (nSPS) is 15.8. The number of sulfonamides is 1. The number of fused-ring (bicyclic) bond motifs is 1. The average Bonchev–Trinajstić information content (AvgIpc) is 3.14. The van der Waals surface area contributed by atoms with Gasteiger partial charge in [0.05, 0.1) is 10.9 Å². The molecule has 29 heavy (non-hydrogen) atoms. The number of nitrogens with zero attached hydrogens (tertiary/aromatic N) is 2. The molecule has 1 aliphatic heterocycles. The van der Waals surface area contributed by atoms with Crippen LogP contribution >= 0.6 is 11.6 Å². The lowest BCUT2D eigenvalue weighted by molar-refractivity contribution is 0.174. The molecule has 7 heteroatoms. The summed E-state index contributed by atoms with van der Waals surface area (Å²) in [5.74, 6) is 0. The summed E-state index contributed by atoms with van der Waals surface area (Å²) in [6.07, 6.45) is 2.95. The van der Waals surface area contributed by atoms with Gasteiger partial charge in [-0.05, 0) is 53.9 Å². The SMILES string of the molecule is Cn1cccc1[C@@H](CNS(=O)(=O)c1ccc(Cl)cc1)N1CCc2ccccc2C1. The minimum atomic E-state index is -3.62. The Labute approximate surface area is 177 Å². The smallest absolute Gasteiger partial charge is 0.240 e. The van der Waals surface area contributed by atoms with E-state index in [1.807, 2.05) is 19.3 Å². The number of halogens is 1. The van der Waals surface area contributed by atoms with Gasteiger partial charge < -0.3 is 4.57 Å². The number of hydrogen-bond acceptors (Lipinski definition) is 3. The second-order valence-electron chi connectivity index (χ2n) is 7.35. The number of hydrogen-bond donors (Lipinski definition) is 1. The number of nitrogens with one attached hydrogen (secondary N) is 1.